The molecule has 0 aliphatic heterocycles. The molecule has 4 unspecified atom stereocenters. The molecule has 2 fully saturated rings. The van der Waals surface area contributed by atoms with Gasteiger partial charge in [-0.05, 0) is 37.5 Å². The zero-order valence-electron chi connectivity index (χ0n) is 6.29. The summed E-state index contributed by atoms with van der Waals surface area (Å²) in [5, 5.41) is 0. The van der Waals surface area contributed by atoms with E-state index in [1.165, 1.54) is 25.7 Å². The largest absolute Gasteiger partial charge is 0.327 e. The molecule has 2 rings (SSSR count). The van der Waals surface area contributed by atoms with Crippen molar-refractivity contribution in [1.82, 2.24) is 0 Å². The summed E-state index contributed by atoms with van der Waals surface area (Å²) < 4.78 is 0. The molecule has 0 heterocycles. The Morgan fingerprint density at radius 3 is 2.30 bits per heavy atom. The Hall–Kier alpha value is -0.0800. The summed E-state index contributed by atoms with van der Waals surface area (Å²) in [6.45, 7) is 0. The van der Waals surface area contributed by atoms with Crippen molar-refractivity contribution < 1.29 is 0 Å². The van der Waals surface area contributed by atoms with Gasteiger partial charge in [0, 0.05) is 12.1 Å². The van der Waals surface area contributed by atoms with Gasteiger partial charge in [0.2, 0.25) is 0 Å². The lowest BCUT2D eigenvalue weighted by Gasteiger charge is -2.25. The minimum atomic E-state index is 0.463. The number of nitrogens with two attached hydrogens (primary N) is 2. The molecular weight excluding hydrogens is 124 g/mol. The molecule has 0 aromatic rings. The van der Waals surface area contributed by atoms with E-state index in [0.29, 0.717) is 12.1 Å². The van der Waals surface area contributed by atoms with Crippen molar-refractivity contribution in [1.29, 1.82) is 0 Å². The maximum atomic E-state index is 5.93. The minimum absolute atomic E-state index is 0.463. The van der Waals surface area contributed by atoms with Gasteiger partial charge in [-0.2, -0.15) is 0 Å². The molecule has 0 aromatic heterocycles. The molecule has 2 nitrogen and oxygen atoms in total. The standard InChI is InChI=1S/C8H16N2/c9-7-2-1-5-3-6(7)4-8(5)10/h5-8H,1-4,9-10H2. The van der Waals surface area contributed by atoms with Gasteiger partial charge in [0.15, 0.2) is 0 Å². The highest BCUT2D eigenvalue weighted by Crippen LogP contribution is 2.40. The van der Waals surface area contributed by atoms with E-state index in [1.807, 2.05) is 0 Å². The lowest BCUT2D eigenvalue weighted by Crippen LogP contribution is -2.31. The van der Waals surface area contributed by atoms with Gasteiger partial charge < -0.3 is 11.5 Å². The van der Waals surface area contributed by atoms with Crippen LogP contribution in [0.4, 0.5) is 0 Å². The maximum Gasteiger partial charge on any atom is 0.00705 e. The van der Waals surface area contributed by atoms with Crippen LogP contribution in [0.3, 0.4) is 0 Å². The summed E-state index contributed by atoms with van der Waals surface area (Å²) in [6.07, 6.45) is 4.98. The molecule has 2 bridgehead atoms. The second-order valence-electron chi connectivity index (χ2n) is 3.90. The van der Waals surface area contributed by atoms with Crippen LogP contribution in [0.1, 0.15) is 25.7 Å². The van der Waals surface area contributed by atoms with Crippen molar-refractivity contribution in [3.8, 4) is 0 Å². The molecular formula is C8H16N2. The zero-order valence-corrected chi connectivity index (χ0v) is 6.29. The third kappa shape index (κ3) is 0.867. The molecule has 2 heteroatoms. The molecule has 0 spiro atoms. The van der Waals surface area contributed by atoms with Crippen molar-refractivity contribution in [2.24, 2.45) is 23.3 Å². The molecule has 2 aliphatic carbocycles. The van der Waals surface area contributed by atoms with Crippen LogP contribution in [0, 0.1) is 11.8 Å². The number of rotatable bonds is 0. The van der Waals surface area contributed by atoms with Crippen LogP contribution >= 0.6 is 0 Å². The Morgan fingerprint density at radius 1 is 0.800 bits per heavy atom. The van der Waals surface area contributed by atoms with Crippen LogP contribution in [-0.2, 0) is 0 Å². The molecule has 0 radical (unpaired) electrons. The Labute approximate surface area is 62.0 Å². The normalized spacial score (nSPS) is 53.4. The highest BCUT2D eigenvalue weighted by Gasteiger charge is 2.38. The van der Waals surface area contributed by atoms with Crippen LogP contribution in [0.15, 0.2) is 0 Å². The van der Waals surface area contributed by atoms with E-state index in [4.69, 9.17) is 11.5 Å². The van der Waals surface area contributed by atoms with Crippen LogP contribution < -0.4 is 11.5 Å². The van der Waals surface area contributed by atoms with E-state index in [-0.39, 0.29) is 0 Å². The van der Waals surface area contributed by atoms with Gasteiger partial charge in [-0.25, -0.2) is 0 Å². The summed E-state index contributed by atoms with van der Waals surface area (Å²) in [4.78, 5) is 0. The van der Waals surface area contributed by atoms with Crippen LogP contribution in [0.5, 0.6) is 0 Å². The van der Waals surface area contributed by atoms with Gasteiger partial charge in [-0.15, -0.1) is 0 Å². The molecule has 0 aromatic carbocycles. The number of hydrogen-bond acceptors (Lipinski definition) is 2. The van der Waals surface area contributed by atoms with Gasteiger partial charge >= 0.3 is 0 Å². The summed E-state index contributed by atoms with van der Waals surface area (Å²) in [7, 11) is 0. The van der Waals surface area contributed by atoms with Crippen LogP contribution in [0.2, 0.25) is 0 Å². The third-order valence-electron chi connectivity index (χ3n) is 3.26. The van der Waals surface area contributed by atoms with Gasteiger partial charge in [-0.1, -0.05) is 0 Å². The molecule has 58 valence electrons. The highest BCUT2D eigenvalue weighted by atomic mass is 14.8. The Kier molecular flexibility index (Phi) is 1.46. The SMILES string of the molecule is NC1CC2CC1CCC2N. The fourth-order valence-electron chi connectivity index (χ4n) is 2.53. The van der Waals surface area contributed by atoms with Gasteiger partial charge in [0.25, 0.3) is 0 Å². The van der Waals surface area contributed by atoms with Gasteiger partial charge in [0.1, 0.15) is 0 Å². The van der Waals surface area contributed by atoms with Crippen molar-refractivity contribution in [2.45, 2.75) is 37.8 Å². The number of hydrogen-bond donors (Lipinski definition) is 2. The fourth-order valence-corrected chi connectivity index (χ4v) is 2.53. The zero-order chi connectivity index (χ0) is 7.14. The van der Waals surface area contributed by atoms with E-state index >= 15 is 0 Å². The predicted octanol–water partition coefficient (Wildman–Crippen LogP) is 0.461. The summed E-state index contributed by atoms with van der Waals surface area (Å²) >= 11 is 0. The summed E-state index contributed by atoms with van der Waals surface area (Å²) in [5.41, 5.74) is 11.8. The molecule has 4 N–H and O–H groups in total. The first kappa shape index (κ1) is 6.62. The average molecular weight is 140 g/mol. The summed E-state index contributed by atoms with van der Waals surface area (Å²) in [6, 6.07) is 0.934. The van der Waals surface area contributed by atoms with E-state index in [0.717, 1.165) is 11.8 Å². The maximum absolute atomic E-state index is 5.93. The van der Waals surface area contributed by atoms with Crippen molar-refractivity contribution in [3.05, 3.63) is 0 Å². The molecule has 2 saturated carbocycles. The monoisotopic (exact) mass is 140 g/mol. The fraction of sp³-hybridized carbons (Fsp3) is 1.00. The van der Waals surface area contributed by atoms with Crippen molar-refractivity contribution in [2.75, 3.05) is 0 Å². The quantitative estimate of drug-likeness (QED) is 0.513. The molecule has 10 heavy (non-hydrogen) atoms. The Balaban J connectivity index is 2.08. The minimum Gasteiger partial charge on any atom is -0.327 e. The smallest absolute Gasteiger partial charge is 0.00705 e. The topological polar surface area (TPSA) is 52.0 Å². The van der Waals surface area contributed by atoms with E-state index < -0.39 is 0 Å². The number of fused-ring (bicyclic) bond motifs is 2. The van der Waals surface area contributed by atoms with E-state index in [2.05, 4.69) is 0 Å². The molecule has 0 saturated heterocycles. The second kappa shape index (κ2) is 2.21. The molecule has 0 amide bonds. The van der Waals surface area contributed by atoms with Crippen LogP contribution in [0.25, 0.3) is 0 Å². The first-order valence-electron chi connectivity index (χ1n) is 4.28. The average Bonchev–Trinajstić information content (AvgIpc) is 2.21. The highest BCUT2D eigenvalue weighted by molar-refractivity contribution is 4.95. The summed E-state index contributed by atoms with van der Waals surface area (Å²) in [5.74, 6) is 1.57. The van der Waals surface area contributed by atoms with E-state index in [1.54, 1.807) is 0 Å². The van der Waals surface area contributed by atoms with Gasteiger partial charge in [0.05, 0.1) is 0 Å². The predicted molar refractivity (Wildman–Crippen MR) is 41.4 cm³/mol. The first-order valence-corrected chi connectivity index (χ1v) is 4.28. The molecule has 4 atom stereocenters. The van der Waals surface area contributed by atoms with Gasteiger partial charge in [-0.3, -0.25) is 0 Å². The Morgan fingerprint density at radius 2 is 1.60 bits per heavy atom. The van der Waals surface area contributed by atoms with Crippen molar-refractivity contribution in [3.63, 3.8) is 0 Å². The van der Waals surface area contributed by atoms with E-state index in [9.17, 15) is 0 Å². The lowest BCUT2D eigenvalue weighted by atomic mass is 9.85. The molecule has 2 aliphatic rings. The van der Waals surface area contributed by atoms with Crippen molar-refractivity contribution >= 4 is 0 Å². The second-order valence-corrected chi connectivity index (χ2v) is 3.90. The lowest BCUT2D eigenvalue weighted by molar-refractivity contribution is 0.309. The third-order valence-corrected chi connectivity index (χ3v) is 3.26. The van der Waals surface area contributed by atoms with Crippen LogP contribution in [-0.4, -0.2) is 12.1 Å². The Bertz CT molecular complexity index is 133. The first-order chi connectivity index (χ1) is 4.77.